The number of ether oxygens (including phenoxy) is 1. The van der Waals surface area contributed by atoms with Gasteiger partial charge in [0.05, 0.1) is 17.0 Å². The van der Waals surface area contributed by atoms with Crippen molar-refractivity contribution in [3.05, 3.63) is 34.0 Å². The Balaban J connectivity index is 2.33. The summed E-state index contributed by atoms with van der Waals surface area (Å²) in [6, 6.07) is 2.64. The van der Waals surface area contributed by atoms with E-state index in [1.807, 2.05) is 0 Å². The number of hydrogen-bond acceptors (Lipinski definition) is 6. The van der Waals surface area contributed by atoms with Crippen molar-refractivity contribution < 1.29 is 24.4 Å². The Morgan fingerprint density at radius 1 is 1.55 bits per heavy atom. The van der Waals surface area contributed by atoms with Crippen LogP contribution in [0.15, 0.2) is 18.2 Å². The molecule has 1 heterocycles. The van der Waals surface area contributed by atoms with Crippen LogP contribution in [0, 0.1) is 10.1 Å². The summed E-state index contributed by atoms with van der Waals surface area (Å²) in [5.74, 6) is -2.03. The number of aliphatic carboxylic acids is 1. The smallest absolute Gasteiger partial charge is 0.328 e. The summed E-state index contributed by atoms with van der Waals surface area (Å²) in [5.41, 5.74) is 0.102. The molecule has 0 spiro atoms. The van der Waals surface area contributed by atoms with E-state index in [9.17, 15) is 19.7 Å². The molecule has 116 valence electrons. The molecule has 10 heteroatoms. The van der Waals surface area contributed by atoms with E-state index >= 15 is 0 Å². The maximum atomic E-state index is 12.1. The Bertz CT molecular complexity index is 740. The first kappa shape index (κ1) is 15.4. The van der Waals surface area contributed by atoms with E-state index in [1.54, 1.807) is 0 Å². The Kier molecular flexibility index (Phi) is 4.32. The summed E-state index contributed by atoms with van der Waals surface area (Å²) in [5, 5.41) is 28.6. The SMILES string of the molecule is COCC(NC(=O)c1n[nH]c2ccc([N+](=O)[O-])cc12)C(=O)O. The predicted molar refractivity (Wildman–Crippen MR) is 73.5 cm³/mol. The molecule has 0 aliphatic rings. The van der Waals surface area contributed by atoms with E-state index in [0.717, 1.165) is 0 Å². The van der Waals surface area contributed by atoms with Crippen LogP contribution in [-0.4, -0.2) is 51.9 Å². The fraction of sp³-hybridized carbons (Fsp3) is 0.250. The zero-order chi connectivity index (χ0) is 16.3. The van der Waals surface area contributed by atoms with Gasteiger partial charge in [-0.05, 0) is 6.07 Å². The van der Waals surface area contributed by atoms with Crippen LogP contribution in [0.25, 0.3) is 10.9 Å². The minimum atomic E-state index is -1.26. The Hall–Kier alpha value is -3.01. The van der Waals surface area contributed by atoms with Crippen molar-refractivity contribution in [3.63, 3.8) is 0 Å². The molecule has 1 amide bonds. The molecule has 3 N–H and O–H groups in total. The highest BCUT2D eigenvalue weighted by molar-refractivity contribution is 6.06. The first-order valence-electron chi connectivity index (χ1n) is 6.09. The maximum absolute atomic E-state index is 12.1. The highest BCUT2D eigenvalue weighted by Crippen LogP contribution is 2.22. The number of amides is 1. The number of nitrogens with one attached hydrogen (secondary N) is 2. The predicted octanol–water partition coefficient (Wildman–Crippen LogP) is 0.301. The maximum Gasteiger partial charge on any atom is 0.328 e. The number of methoxy groups -OCH3 is 1. The summed E-state index contributed by atoms with van der Waals surface area (Å²) in [4.78, 5) is 33.3. The van der Waals surface area contributed by atoms with Gasteiger partial charge in [0.25, 0.3) is 11.6 Å². The third-order valence-corrected chi connectivity index (χ3v) is 2.91. The molecular formula is C12H12N4O6. The summed E-state index contributed by atoms with van der Waals surface area (Å²) in [6.45, 7) is -0.219. The van der Waals surface area contributed by atoms with Crippen LogP contribution in [-0.2, 0) is 9.53 Å². The van der Waals surface area contributed by atoms with Crippen LogP contribution in [0.2, 0.25) is 0 Å². The highest BCUT2D eigenvalue weighted by atomic mass is 16.6. The zero-order valence-electron chi connectivity index (χ0n) is 11.4. The Labute approximate surface area is 123 Å². The third kappa shape index (κ3) is 3.01. The van der Waals surface area contributed by atoms with E-state index in [0.29, 0.717) is 5.52 Å². The molecule has 0 aliphatic heterocycles. The number of benzene rings is 1. The monoisotopic (exact) mass is 308 g/mol. The van der Waals surface area contributed by atoms with Crippen LogP contribution in [0.5, 0.6) is 0 Å². The molecule has 22 heavy (non-hydrogen) atoms. The molecule has 0 saturated carbocycles. The van der Waals surface area contributed by atoms with E-state index in [2.05, 4.69) is 15.5 Å². The highest BCUT2D eigenvalue weighted by Gasteiger charge is 2.23. The fourth-order valence-corrected chi connectivity index (χ4v) is 1.86. The van der Waals surface area contributed by atoms with Gasteiger partial charge in [-0.2, -0.15) is 5.10 Å². The van der Waals surface area contributed by atoms with Crippen LogP contribution in [0.4, 0.5) is 5.69 Å². The van der Waals surface area contributed by atoms with Crippen molar-refractivity contribution in [2.24, 2.45) is 0 Å². The van der Waals surface area contributed by atoms with Crippen LogP contribution < -0.4 is 5.32 Å². The average Bonchev–Trinajstić information content (AvgIpc) is 2.89. The first-order valence-corrected chi connectivity index (χ1v) is 6.09. The lowest BCUT2D eigenvalue weighted by Crippen LogP contribution is -2.44. The Morgan fingerprint density at radius 3 is 2.86 bits per heavy atom. The number of hydrogen-bond donors (Lipinski definition) is 3. The number of aromatic nitrogens is 2. The molecule has 10 nitrogen and oxygen atoms in total. The molecule has 1 unspecified atom stereocenters. The van der Waals surface area contributed by atoms with Gasteiger partial charge in [-0.1, -0.05) is 0 Å². The first-order chi connectivity index (χ1) is 10.4. The lowest BCUT2D eigenvalue weighted by molar-refractivity contribution is -0.384. The number of carboxylic acids is 1. The van der Waals surface area contributed by atoms with Crippen molar-refractivity contribution in [3.8, 4) is 0 Å². The van der Waals surface area contributed by atoms with Gasteiger partial charge in [0, 0.05) is 24.6 Å². The van der Waals surface area contributed by atoms with Gasteiger partial charge in [-0.15, -0.1) is 0 Å². The molecule has 0 fully saturated rings. The minimum absolute atomic E-state index is 0.124. The van der Waals surface area contributed by atoms with Gasteiger partial charge >= 0.3 is 5.97 Å². The molecule has 1 aromatic carbocycles. The lowest BCUT2D eigenvalue weighted by atomic mass is 10.1. The van der Waals surface area contributed by atoms with Gasteiger partial charge < -0.3 is 15.2 Å². The largest absolute Gasteiger partial charge is 0.480 e. The van der Waals surface area contributed by atoms with Gasteiger partial charge in [-0.25, -0.2) is 4.79 Å². The van der Waals surface area contributed by atoms with Crippen molar-refractivity contribution in [2.45, 2.75) is 6.04 Å². The number of fused-ring (bicyclic) bond motifs is 1. The van der Waals surface area contributed by atoms with Crippen molar-refractivity contribution in [1.82, 2.24) is 15.5 Å². The lowest BCUT2D eigenvalue weighted by Gasteiger charge is -2.12. The minimum Gasteiger partial charge on any atom is -0.480 e. The molecular weight excluding hydrogens is 296 g/mol. The van der Waals surface area contributed by atoms with Crippen LogP contribution in [0.1, 0.15) is 10.5 Å². The molecule has 1 aromatic heterocycles. The number of nitrogens with zero attached hydrogens (tertiary/aromatic N) is 2. The van der Waals surface area contributed by atoms with Crippen molar-refractivity contribution in [2.75, 3.05) is 13.7 Å². The van der Waals surface area contributed by atoms with Crippen molar-refractivity contribution in [1.29, 1.82) is 0 Å². The van der Waals surface area contributed by atoms with E-state index in [1.165, 1.54) is 25.3 Å². The topological polar surface area (TPSA) is 147 Å². The van der Waals surface area contributed by atoms with Crippen molar-refractivity contribution >= 4 is 28.5 Å². The standard InChI is InChI=1S/C12H12N4O6/c1-22-5-9(12(18)19)13-11(17)10-7-4-6(16(20)21)2-3-8(7)14-15-10/h2-4,9H,5H2,1H3,(H,13,17)(H,14,15)(H,18,19). The van der Waals surface area contributed by atoms with Gasteiger partial charge in [0.15, 0.2) is 11.7 Å². The normalized spacial score (nSPS) is 12.0. The van der Waals surface area contributed by atoms with Gasteiger partial charge in [0.1, 0.15) is 0 Å². The zero-order valence-corrected chi connectivity index (χ0v) is 11.4. The number of nitro groups is 1. The molecule has 0 bridgehead atoms. The second-order valence-corrected chi connectivity index (χ2v) is 4.38. The number of carbonyl (C=O) groups is 2. The fourth-order valence-electron chi connectivity index (χ4n) is 1.86. The number of carbonyl (C=O) groups excluding carboxylic acids is 1. The molecule has 2 aromatic rings. The number of rotatable bonds is 6. The molecule has 0 aliphatic carbocycles. The van der Waals surface area contributed by atoms with Gasteiger partial charge in [0.2, 0.25) is 0 Å². The summed E-state index contributed by atoms with van der Waals surface area (Å²) >= 11 is 0. The Morgan fingerprint density at radius 2 is 2.27 bits per heavy atom. The summed E-state index contributed by atoms with van der Waals surface area (Å²) in [7, 11) is 1.30. The van der Waals surface area contributed by atoms with Crippen LogP contribution >= 0.6 is 0 Å². The molecule has 0 radical (unpaired) electrons. The average molecular weight is 308 g/mol. The van der Waals surface area contributed by atoms with Gasteiger partial charge in [-0.3, -0.25) is 20.0 Å². The number of nitro benzene ring substituents is 1. The van der Waals surface area contributed by atoms with Crippen LogP contribution in [0.3, 0.4) is 0 Å². The second-order valence-electron chi connectivity index (χ2n) is 4.38. The number of carboxylic acid groups (broad SMARTS) is 1. The third-order valence-electron chi connectivity index (χ3n) is 2.91. The van der Waals surface area contributed by atoms with E-state index < -0.39 is 22.8 Å². The second kappa shape index (κ2) is 6.18. The number of H-pyrrole nitrogens is 1. The van der Waals surface area contributed by atoms with E-state index in [4.69, 9.17) is 9.84 Å². The number of non-ortho nitro benzene ring substituents is 1. The molecule has 2 rings (SSSR count). The summed E-state index contributed by atoms with van der Waals surface area (Å²) in [6.07, 6.45) is 0. The molecule has 0 saturated heterocycles. The molecule has 1 atom stereocenters. The van der Waals surface area contributed by atoms with E-state index in [-0.39, 0.29) is 23.4 Å². The summed E-state index contributed by atoms with van der Waals surface area (Å²) < 4.78 is 4.71. The quantitative estimate of drug-likeness (QED) is 0.513. The number of aromatic amines is 1.